The van der Waals surface area contributed by atoms with Gasteiger partial charge in [0.1, 0.15) is 6.61 Å². The average molecular weight is 301 g/mol. The largest absolute Gasteiger partial charge is 0.473 e. The van der Waals surface area contributed by atoms with Crippen molar-refractivity contribution in [2.24, 2.45) is 0 Å². The first-order valence-electron chi connectivity index (χ1n) is 7.08. The lowest BCUT2D eigenvalue weighted by Crippen LogP contribution is -2.18. The quantitative estimate of drug-likeness (QED) is 0.849. The Bertz CT molecular complexity index is 587. The molecule has 3 rings (SSSR count). The van der Waals surface area contributed by atoms with E-state index in [9.17, 15) is 0 Å². The van der Waals surface area contributed by atoms with Gasteiger partial charge in [-0.3, -0.25) is 0 Å². The maximum Gasteiger partial charge on any atom is 0.225 e. The Labute approximate surface area is 129 Å². The van der Waals surface area contributed by atoms with Crippen LogP contribution in [0.4, 0.5) is 5.95 Å². The number of nitrogens with one attached hydrogen (secondary N) is 1. The van der Waals surface area contributed by atoms with Crippen molar-refractivity contribution < 1.29 is 4.74 Å². The van der Waals surface area contributed by atoms with Crippen molar-refractivity contribution in [1.29, 1.82) is 0 Å². The summed E-state index contributed by atoms with van der Waals surface area (Å²) in [6, 6.07) is 11.9. The summed E-state index contributed by atoms with van der Waals surface area (Å²) in [6.45, 7) is 1.43. The van der Waals surface area contributed by atoms with Gasteiger partial charge in [-0.25, -0.2) is 4.98 Å². The molecule has 1 fully saturated rings. The summed E-state index contributed by atoms with van der Waals surface area (Å²) < 4.78 is 6.10. The predicted molar refractivity (Wildman–Crippen MR) is 86.8 cm³/mol. The second-order valence-electron chi connectivity index (χ2n) is 5.23. The van der Waals surface area contributed by atoms with Crippen molar-refractivity contribution in [2.45, 2.75) is 24.2 Å². The monoisotopic (exact) mass is 301 g/mol. The van der Waals surface area contributed by atoms with E-state index >= 15 is 0 Å². The fourth-order valence-corrected chi connectivity index (χ4v) is 2.80. The van der Waals surface area contributed by atoms with Crippen LogP contribution >= 0.6 is 11.8 Å². The molecule has 1 saturated carbocycles. The van der Waals surface area contributed by atoms with Crippen molar-refractivity contribution in [3.8, 4) is 5.88 Å². The molecule has 5 heteroatoms. The van der Waals surface area contributed by atoms with Crippen LogP contribution < -0.4 is 10.1 Å². The molecule has 0 atom stereocenters. The molecule has 110 valence electrons. The molecule has 1 aromatic heterocycles. The number of thioether (sulfide) groups is 1. The topological polar surface area (TPSA) is 47.0 Å². The van der Waals surface area contributed by atoms with Gasteiger partial charge in [-0.1, -0.05) is 30.3 Å². The first-order valence-corrected chi connectivity index (χ1v) is 8.31. The number of benzene rings is 1. The zero-order valence-corrected chi connectivity index (χ0v) is 12.9. The van der Waals surface area contributed by atoms with E-state index < -0.39 is 0 Å². The summed E-state index contributed by atoms with van der Waals surface area (Å²) in [4.78, 5) is 8.65. The first-order chi connectivity index (χ1) is 10.3. The van der Waals surface area contributed by atoms with Gasteiger partial charge in [0.2, 0.25) is 11.8 Å². The van der Waals surface area contributed by atoms with E-state index in [-0.39, 0.29) is 0 Å². The molecule has 1 N–H and O–H groups in total. The highest BCUT2D eigenvalue weighted by atomic mass is 32.2. The maximum atomic E-state index is 5.71. The number of hydrogen-bond donors (Lipinski definition) is 1. The molecule has 0 aliphatic heterocycles. The van der Waals surface area contributed by atoms with Crippen LogP contribution in [-0.2, 0) is 6.61 Å². The molecule has 4 nitrogen and oxygen atoms in total. The molecule has 0 bridgehead atoms. The molecule has 1 aromatic carbocycles. The van der Waals surface area contributed by atoms with Crippen LogP contribution in [-0.4, -0.2) is 27.5 Å². The van der Waals surface area contributed by atoms with Crippen molar-refractivity contribution in [3.63, 3.8) is 0 Å². The second-order valence-corrected chi connectivity index (χ2v) is 6.51. The van der Waals surface area contributed by atoms with Gasteiger partial charge in [0, 0.05) is 23.6 Å². The van der Waals surface area contributed by atoms with Crippen molar-refractivity contribution in [2.75, 3.05) is 18.1 Å². The van der Waals surface area contributed by atoms with Crippen LogP contribution in [0, 0.1) is 0 Å². The van der Waals surface area contributed by atoms with E-state index in [0.717, 1.165) is 12.1 Å². The van der Waals surface area contributed by atoms with Gasteiger partial charge >= 0.3 is 0 Å². The third-order valence-corrected chi connectivity index (χ3v) is 5.09. The lowest BCUT2D eigenvalue weighted by atomic mass is 10.2. The van der Waals surface area contributed by atoms with E-state index in [2.05, 4.69) is 21.5 Å². The molecule has 0 spiro atoms. The number of anilines is 1. The minimum Gasteiger partial charge on any atom is -0.473 e. The molecular formula is C16H19N3OS. The Hall–Kier alpha value is -1.75. The summed E-state index contributed by atoms with van der Waals surface area (Å²) in [5.74, 6) is 1.24. The Balaban J connectivity index is 1.55. The van der Waals surface area contributed by atoms with Crippen LogP contribution in [0.5, 0.6) is 5.88 Å². The van der Waals surface area contributed by atoms with E-state index in [1.165, 1.54) is 12.8 Å². The first kappa shape index (κ1) is 14.2. The molecule has 2 aromatic rings. The lowest BCUT2D eigenvalue weighted by Gasteiger charge is -2.13. The molecule has 0 radical (unpaired) electrons. The predicted octanol–water partition coefficient (Wildman–Crippen LogP) is 3.36. The van der Waals surface area contributed by atoms with E-state index in [1.54, 1.807) is 12.3 Å². The standard InChI is InChI=1S/C16H19N3OS/c1-21-16(8-9-16)12-18-15-17-10-7-14(19-15)20-11-13-5-3-2-4-6-13/h2-7,10H,8-9,11-12H2,1H3,(H,17,18,19). The van der Waals surface area contributed by atoms with Gasteiger partial charge in [-0.05, 0) is 24.7 Å². The van der Waals surface area contributed by atoms with Gasteiger partial charge in [-0.2, -0.15) is 16.7 Å². The minimum absolute atomic E-state index is 0.393. The summed E-state index contributed by atoms with van der Waals surface area (Å²) in [5, 5.41) is 3.31. The van der Waals surface area contributed by atoms with Crippen LogP contribution in [0.2, 0.25) is 0 Å². The normalized spacial score (nSPS) is 15.5. The second kappa shape index (κ2) is 6.35. The van der Waals surface area contributed by atoms with Gasteiger partial charge in [-0.15, -0.1) is 0 Å². The van der Waals surface area contributed by atoms with Crippen LogP contribution in [0.3, 0.4) is 0 Å². The van der Waals surface area contributed by atoms with E-state index in [1.807, 2.05) is 42.1 Å². The Morgan fingerprint density at radius 1 is 1.24 bits per heavy atom. The fraction of sp³-hybridized carbons (Fsp3) is 0.375. The van der Waals surface area contributed by atoms with E-state index in [0.29, 0.717) is 23.2 Å². The Morgan fingerprint density at radius 2 is 2.05 bits per heavy atom. The Morgan fingerprint density at radius 3 is 2.76 bits per heavy atom. The van der Waals surface area contributed by atoms with Crippen LogP contribution in [0.15, 0.2) is 42.6 Å². The molecule has 0 saturated heterocycles. The van der Waals surface area contributed by atoms with Gasteiger partial charge < -0.3 is 10.1 Å². The zero-order valence-electron chi connectivity index (χ0n) is 12.1. The molecular weight excluding hydrogens is 282 g/mol. The zero-order chi connectivity index (χ0) is 14.5. The highest BCUT2D eigenvalue weighted by molar-refractivity contribution is 8.00. The SMILES string of the molecule is CSC1(CNc2nccc(OCc3ccccc3)n2)CC1. The summed E-state index contributed by atoms with van der Waals surface area (Å²) >= 11 is 1.92. The smallest absolute Gasteiger partial charge is 0.225 e. The minimum atomic E-state index is 0.393. The number of rotatable bonds is 7. The molecule has 0 amide bonds. The Kier molecular flexibility index (Phi) is 4.29. The number of hydrogen-bond acceptors (Lipinski definition) is 5. The molecule has 1 aliphatic carbocycles. The summed E-state index contributed by atoms with van der Waals surface area (Å²) in [6.07, 6.45) is 6.43. The van der Waals surface area contributed by atoms with Crippen molar-refractivity contribution in [3.05, 3.63) is 48.2 Å². The highest BCUT2D eigenvalue weighted by Gasteiger charge is 2.41. The van der Waals surface area contributed by atoms with Gasteiger partial charge in [0.25, 0.3) is 0 Å². The summed E-state index contributed by atoms with van der Waals surface area (Å²) in [7, 11) is 0. The molecule has 1 heterocycles. The number of ether oxygens (including phenoxy) is 1. The van der Waals surface area contributed by atoms with Crippen molar-refractivity contribution in [1.82, 2.24) is 9.97 Å². The van der Waals surface area contributed by atoms with Crippen LogP contribution in [0.1, 0.15) is 18.4 Å². The van der Waals surface area contributed by atoms with Crippen LogP contribution in [0.25, 0.3) is 0 Å². The molecule has 1 aliphatic rings. The number of nitrogens with zero attached hydrogens (tertiary/aromatic N) is 2. The fourth-order valence-electron chi connectivity index (χ4n) is 2.07. The lowest BCUT2D eigenvalue weighted by molar-refractivity contribution is 0.294. The molecule has 0 unspecified atom stereocenters. The third kappa shape index (κ3) is 3.88. The summed E-state index contributed by atoms with van der Waals surface area (Å²) in [5.41, 5.74) is 1.13. The maximum absolute atomic E-state index is 5.71. The van der Waals surface area contributed by atoms with Gasteiger partial charge in [0.05, 0.1) is 0 Å². The van der Waals surface area contributed by atoms with Crippen molar-refractivity contribution >= 4 is 17.7 Å². The van der Waals surface area contributed by atoms with Gasteiger partial charge in [0.15, 0.2) is 0 Å². The average Bonchev–Trinajstić information content (AvgIpc) is 3.33. The number of aromatic nitrogens is 2. The highest BCUT2D eigenvalue weighted by Crippen LogP contribution is 2.46. The van der Waals surface area contributed by atoms with E-state index in [4.69, 9.17) is 4.74 Å². The molecule has 21 heavy (non-hydrogen) atoms. The third-order valence-electron chi connectivity index (χ3n) is 3.67.